The van der Waals surface area contributed by atoms with Crippen LogP contribution in [-0.2, 0) is 0 Å². The third-order valence-electron chi connectivity index (χ3n) is 1.80. The average Bonchev–Trinajstić information content (AvgIpc) is 2.26. The second kappa shape index (κ2) is 5.42. The first-order valence-electron chi connectivity index (χ1n) is 4.57. The zero-order valence-electron chi connectivity index (χ0n) is 8.99. The van der Waals surface area contributed by atoms with Crippen molar-refractivity contribution in [1.82, 2.24) is 0 Å². The summed E-state index contributed by atoms with van der Waals surface area (Å²) >= 11 is 0. The first-order chi connectivity index (χ1) is 7.96. The van der Waals surface area contributed by atoms with Crippen molar-refractivity contribution >= 4 is 6.21 Å². The Morgan fingerprint density at radius 2 is 2.06 bits per heavy atom. The van der Waals surface area contributed by atoms with Crippen LogP contribution in [0.2, 0.25) is 0 Å². The molecule has 0 aliphatic carbocycles. The van der Waals surface area contributed by atoms with Crippen LogP contribution in [0.3, 0.4) is 0 Å². The fraction of sp³-hybridized carbons (Fsp3) is 0.300. The molecular weight excluding hydrogens is 237 g/mol. The van der Waals surface area contributed by atoms with E-state index in [1.54, 1.807) is 0 Å². The molecule has 1 aromatic rings. The predicted molar refractivity (Wildman–Crippen MR) is 56.3 cm³/mol. The minimum atomic E-state index is -4.39. The Balaban J connectivity index is 2.85. The van der Waals surface area contributed by atoms with E-state index in [0.29, 0.717) is 5.56 Å². The summed E-state index contributed by atoms with van der Waals surface area (Å²) in [4.78, 5) is 0. The highest BCUT2D eigenvalue weighted by Gasteiger charge is 2.28. The summed E-state index contributed by atoms with van der Waals surface area (Å²) in [6.07, 6.45) is -3.04. The van der Waals surface area contributed by atoms with Crippen LogP contribution in [0.1, 0.15) is 5.56 Å². The molecule has 0 fully saturated rings. The van der Waals surface area contributed by atoms with Gasteiger partial charge in [-0.3, -0.25) is 0 Å². The fourth-order valence-corrected chi connectivity index (χ4v) is 1.13. The number of methoxy groups -OCH3 is 1. The molecule has 17 heavy (non-hydrogen) atoms. The van der Waals surface area contributed by atoms with Gasteiger partial charge in [0.2, 0.25) is 0 Å². The number of hydrogen-bond donors (Lipinski definition) is 1. The van der Waals surface area contributed by atoms with Gasteiger partial charge in [0.15, 0.2) is 18.1 Å². The number of nitrogens with zero attached hydrogens (tertiary/aromatic N) is 1. The van der Waals surface area contributed by atoms with Gasteiger partial charge in [-0.1, -0.05) is 0 Å². The lowest BCUT2D eigenvalue weighted by Crippen LogP contribution is -2.19. The van der Waals surface area contributed by atoms with Gasteiger partial charge in [-0.05, 0) is 23.8 Å². The Kier molecular flexibility index (Phi) is 4.19. The molecule has 0 heterocycles. The van der Waals surface area contributed by atoms with Crippen LogP contribution in [0.25, 0.3) is 0 Å². The summed E-state index contributed by atoms with van der Waals surface area (Å²) in [7, 11) is 1.33. The molecule has 4 nitrogen and oxygen atoms in total. The topological polar surface area (TPSA) is 56.8 Å². The van der Waals surface area contributed by atoms with Crippen LogP contribution in [-0.4, -0.2) is 26.1 Å². The molecule has 0 spiro atoms. The van der Waals surface area contributed by atoms with Crippen molar-refractivity contribution < 1.29 is 22.6 Å². The molecule has 0 radical (unpaired) electrons. The van der Waals surface area contributed by atoms with E-state index in [0.717, 1.165) is 0 Å². The molecule has 0 atom stereocenters. The van der Waals surface area contributed by atoms with Gasteiger partial charge in [-0.2, -0.15) is 18.3 Å². The number of hydrogen-bond acceptors (Lipinski definition) is 4. The maximum absolute atomic E-state index is 12.0. The Morgan fingerprint density at radius 3 is 2.59 bits per heavy atom. The smallest absolute Gasteiger partial charge is 0.422 e. The van der Waals surface area contributed by atoms with Gasteiger partial charge < -0.3 is 15.3 Å². The zero-order chi connectivity index (χ0) is 12.9. The summed E-state index contributed by atoms with van der Waals surface area (Å²) < 4.78 is 45.4. The Labute approximate surface area is 95.8 Å². The van der Waals surface area contributed by atoms with E-state index in [2.05, 4.69) is 9.84 Å². The van der Waals surface area contributed by atoms with E-state index in [-0.39, 0.29) is 11.5 Å². The number of alkyl halides is 3. The summed E-state index contributed by atoms with van der Waals surface area (Å²) in [5.74, 6) is 5.15. The largest absolute Gasteiger partial charge is 0.493 e. The van der Waals surface area contributed by atoms with Crippen molar-refractivity contribution in [3.63, 3.8) is 0 Å². The minimum absolute atomic E-state index is 0.0130. The van der Waals surface area contributed by atoms with Gasteiger partial charge >= 0.3 is 6.18 Å². The number of nitrogens with two attached hydrogens (primary N) is 1. The standard InChI is InChI=1S/C10H11F3N2O2/c1-16-9-4-7(5-15-14)2-3-8(9)17-6-10(11,12)13/h2-5H,6,14H2,1H3. The highest BCUT2D eigenvalue weighted by molar-refractivity contribution is 5.80. The SMILES string of the molecule is COc1cc(C=NN)ccc1OCC(F)(F)F. The number of benzene rings is 1. The molecule has 0 aromatic heterocycles. The molecular formula is C10H11F3N2O2. The molecule has 0 saturated carbocycles. The molecule has 2 N–H and O–H groups in total. The maximum Gasteiger partial charge on any atom is 0.422 e. The van der Waals surface area contributed by atoms with E-state index in [1.165, 1.54) is 31.5 Å². The van der Waals surface area contributed by atoms with Crippen LogP contribution in [0.5, 0.6) is 11.5 Å². The molecule has 7 heteroatoms. The summed E-state index contributed by atoms with van der Waals surface area (Å²) in [6, 6.07) is 4.36. The lowest BCUT2D eigenvalue weighted by Gasteiger charge is -2.12. The lowest BCUT2D eigenvalue weighted by atomic mass is 10.2. The number of rotatable bonds is 4. The predicted octanol–water partition coefficient (Wildman–Crippen LogP) is 1.93. The van der Waals surface area contributed by atoms with E-state index < -0.39 is 12.8 Å². The third kappa shape index (κ3) is 4.21. The normalized spacial score (nSPS) is 11.8. The van der Waals surface area contributed by atoms with E-state index >= 15 is 0 Å². The van der Waals surface area contributed by atoms with Crippen LogP contribution >= 0.6 is 0 Å². The number of hydrazone groups is 1. The molecule has 0 saturated heterocycles. The minimum Gasteiger partial charge on any atom is -0.493 e. The van der Waals surface area contributed by atoms with Crippen LogP contribution in [0.15, 0.2) is 23.3 Å². The van der Waals surface area contributed by atoms with Gasteiger partial charge in [0.1, 0.15) is 0 Å². The van der Waals surface area contributed by atoms with Crippen molar-refractivity contribution in [2.45, 2.75) is 6.18 Å². The number of halogens is 3. The summed E-state index contributed by atoms with van der Waals surface area (Å²) in [5.41, 5.74) is 0.601. The zero-order valence-corrected chi connectivity index (χ0v) is 8.99. The number of ether oxygens (including phenoxy) is 2. The van der Waals surface area contributed by atoms with Crippen molar-refractivity contribution in [3.8, 4) is 11.5 Å². The van der Waals surface area contributed by atoms with Crippen LogP contribution in [0, 0.1) is 0 Å². The van der Waals surface area contributed by atoms with Crippen molar-refractivity contribution in [2.75, 3.05) is 13.7 Å². The monoisotopic (exact) mass is 248 g/mol. The second-order valence-electron chi connectivity index (χ2n) is 3.09. The highest BCUT2D eigenvalue weighted by Crippen LogP contribution is 2.29. The highest BCUT2D eigenvalue weighted by atomic mass is 19.4. The lowest BCUT2D eigenvalue weighted by molar-refractivity contribution is -0.153. The molecule has 0 amide bonds. The van der Waals surface area contributed by atoms with Crippen molar-refractivity contribution in [1.29, 1.82) is 0 Å². The van der Waals surface area contributed by atoms with E-state index in [1.807, 2.05) is 0 Å². The van der Waals surface area contributed by atoms with Gasteiger partial charge in [0, 0.05) is 0 Å². The van der Waals surface area contributed by atoms with Crippen molar-refractivity contribution in [2.24, 2.45) is 10.9 Å². The third-order valence-corrected chi connectivity index (χ3v) is 1.80. The molecule has 1 aromatic carbocycles. The molecule has 0 unspecified atom stereocenters. The molecule has 0 bridgehead atoms. The average molecular weight is 248 g/mol. The molecule has 94 valence electrons. The van der Waals surface area contributed by atoms with Gasteiger partial charge in [-0.15, -0.1) is 0 Å². The Bertz CT molecular complexity index is 405. The molecule has 0 aliphatic rings. The first kappa shape index (κ1) is 13.1. The van der Waals surface area contributed by atoms with Crippen LogP contribution in [0.4, 0.5) is 13.2 Å². The van der Waals surface area contributed by atoms with Gasteiger partial charge in [0.25, 0.3) is 0 Å². The quantitative estimate of drug-likeness (QED) is 0.503. The molecule has 0 aliphatic heterocycles. The van der Waals surface area contributed by atoms with Crippen molar-refractivity contribution in [3.05, 3.63) is 23.8 Å². The maximum atomic E-state index is 12.0. The molecule has 1 rings (SSSR count). The van der Waals surface area contributed by atoms with E-state index in [4.69, 9.17) is 10.6 Å². The Hall–Kier alpha value is -1.92. The Morgan fingerprint density at radius 1 is 1.35 bits per heavy atom. The van der Waals surface area contributed by atoms with Gasteiger partial charge in [-0.25, -0.2) is 0 Å². The summed E-state index contributed by atoms with van der Waals surface area (Å²) in [6.45, 7) is -1.37. The first-order valence-corrected chi connectivity index (χ1v) is 4.57. The fourth-order valence-electron chi connectivity index (χ4n) is 1.13. The van der Waals surface area contributed by atoms with Crippen LogP contribution < -0.4 is 15.3 Å². The van der Waals surface area contributed by atoms with E-state index in [9.17, 15) is 13.2 Å². The second-order valence-corrected chi connectivity index (χ2v) is 3.09. The van der Waals surface area contributed by atoms with Gasteiger partial charge in [0.05, 0.1) is 13.3 Å². The summed E-state index contributed by atoms with van der Waals surface area (Å²) in [5, 5.41) is 3.29.